The highest BCUT2D eigenvalue weighted by Gasteiger charge is 2.27. The second-order valence-electron chi connectivity index (χ2n) is 5.13. The first-order valence-corrected chi connectivity index (χ1v) is 8.01. The summed E-state index contributed by atoms with van der Waals surface area (Å²) in [5.41, 5.74) is 0.485. The summed E-state index contributed by atoms with van der Waals surface area (Å²) in [7, 11) is 0. The Morgan fingerprint density at radius 3 is 2.58 bits per heavy atom. The number of aliphatic imine (C=N–C) groups is 1. The van der Waals surface area contributed by atoms with Crippen molar-refractivity contribution >= 4 is 5.96 Å². The van der Waals surface area contributed by atoms with Crippen molar-refractivity contribution in [1.29, 1.82) is 0 Å². The van der Waals surface area contributed by atoms with Crippen molar-refractivity contribution < 1.29 is 31.4 Å². The summed E-state index contributed by atoms with van der Waals surface area (Å²) in [6.45, 7) is -1.40. The van der Waals surface area contributed by atoms with E-state index in [1.807, 2.05) is 6.92 Å². The Hall–Kier alpha value is -2.10. The lowest BCUT2D eigenvalue weighted by molar-refractivity contribution is -0.173. The minimum absolute atomic E-state index is 0.0441. The lowest BCUT2D eigenvalue weighted by Gasteiger charge is -2.13. The molecule has 0 aliphatic rings. The van der Waals surface area contributed by atoms with Gasteiger partial charge >= 0.3 is 12.8 Å². The molecule has 0 spiro atoms. The van der Waals surface area contributed by atoms with E-state index in [1.165, 1.54) is 6.07 Å². The number of guanidine groups is 1. The molecule has 0 aliphatic heterocycles. The van der Waals surface area contributed by atoms with Gasteiger partial charge in [-0.1, -0.05) is 18.2 Å². The monoisotopic (exact) mass is 383 g/mol. The summed E-state index contributed by atoms with van der Waals surface area (Å²) < 4.78 is 69.6. The molecule has 10 heteroatoms. The molecule has 1 aromatic rings. The number of rotatable bonds is 10. The first kappa shape index (κ1) is 21.9. The van der Waals surface area contributed by atoms with Crippen molar-refractivity contribution in [3.05, 3.63) is 29.8 Å². The Bertz CT molecular complexity index is 553. The zero-order valence-electron chi connectivity index (χ0n) is 14.3. The van der Waals surface area contributed by atoms with E-state index in [-0.39, 0.29) is 18.9 Å². The third kappa shape index (κ3) is 10.0. The Labute approximate surface area is 148 Å². The Kier molecular flexibility index (Phi) is 9.71. The van der Waals surface area contributed by atoms with E-state index in [4.69, 9.17) is 0 Å². The van der Waals surface area contributed by atoms with Crippen LogP contribution in [0, 0.1) is 0 Å². The van der Waals surface area contributed by atoms with Crippen molar-refractivity contribution in [2.45, 2.75) is 32.7 Å². The highest BCUT2D eigenvalue weighted by atomic mass is 19.4. The summed E-state index contributed by atoms with van der Waals surface area (Å²) in [5, 5.41) is 5.89. The van der Waals surface area contributed by atoms with Gasteiger partial charge in [-0.05, 0) is 19.4 Å². The van der Waals surface area contributed by atoms with Crippen LogP contribution in [0.1, 0.15) is 18.9 Å². The van der Waals surface area contributed by atoms with Crippen LogP contribution in [0.25, 0.3) is 0 Å². The van der Waals surface area contributed by atoms with E-state index >= 15 is 0 Å². The van der Waals surface area contributed by atoms with Gasteiger partial charge in [0.1, 0.15) is 12.4 Å². The minimum Gasteiger partial charge on any atom is -0.434 e. The highest BCUT2D eigenvalue weighted by Crippen LogP contribution is 2.20. The molecule has 26 heavy (non-hydrogen) atoms. The number of hydrogen-bond acceptors (Lipinski definition) is 3. The van der Waals surface area contributed by atoms with Crippen molar-refractivity contribution in [3.8, 4) is 5.75 Å². The number of nitrogens with one attached hydrogen (secondary N) is 2. The molecule has 1 aromatic carbocycles. The third-order valence-corrected chi connectivity index (χ3v) is 2.96. The lowest BCUT2D eigenvalue weighted by Crippen LogP contribution is -2.38. The fourth-order valence-electron chi connectivity index (χ4n) is 1.92. The number of halogens is 5. The van der Waals surface area contributed by atoms with Crippen LogP contribution in [0.2, 0.25) is 0 Å². The summed E-state index contributed by atoms with van der Waals surface area (Å²) in [6.07, 6.45) is -3.98. The van der Waals surface area contributed by atoms with E-state index in [0.29, 0.717) is 31.0 Å². The van der Waals surface area contributed by atoms with Crippen LogP contribution in [0.3, 0.4) is 0 Å². The van der Waals surface area contributed by atoms with E-state index < -0.39 is 19.4 Å². The van der Waals surface area contributed by atoms with E-state index in [2.05, 4.69) is 25.1 Å². The van der Waals surface area contributed by atoms with Crippen LogP contribution < -0.4 is 15.4 Å². The molecule has 0 aromatic heterocycles. The molecule has 5 nitrogen and oxygen atoms in total. The van der Waals surface area contributed by atoms with Crippen LogP contribution >= 0.6 is 0 Å². The van der Waals surface area contributed by atoms with Gasteiger partial charge < -0.3 is 20.1 Å². The van der Waals surface area contributed by atoms with E-state index in [1.54, 1.807) is 18.2 Å². The molecule has 0 heterocycles. The molecule has 0 fully saturated rings. The predicted molar refractivity (Wildman–Crippen MR) is 87.4 cm³/mol. The van der Waals surface area contributed by atoms with Gasteiger partial charge in [-0.15, -0.1) is 0 Å². The Balaban J connectivity index is 2.49. The summed E-state index contributed by atoms with van der Waals surface area (Å²) in [5.74, 6) is 0.456. The molecule has 0 unspecified atom stereocenters. The average molecular weight is 383 g/mol. The second kappa shape index (κ2) is 11.5. The maximum atomic E-state index is 12.4. The standard InChI is InChI=1S/C16H22F5N3O2/c1-2-22-15(23-8-5-9-25-11-16(19,20)21)24-10-12-6-3-4-7-13(12)26-14(17)18/h3-4,6-7,14H,2,5,8-11H2,1H3,(H2,22,23,24). The number of ether oxygens (including phenoxy) is 2. The van der Waals surface area contributed by atoms with Gasteiger partial charge in [0.15, 0.2) is 5.96 Å². The van der Waals surface area contributed by atoms with Crippen LogP contribution in [0.5, 0.6) is 5.75 Å². The zero-order chi connectivity index (χ0) is 19.4. The highest BCUT2D eigenvalue weighted by molar-refractivity contribution is 5.79. The van der Waals surface area contributed by atoms with Gasteiger partial charge in [0, 0.05) is 25.3 Å². The molecule has 148 valence electrons. The molecule has 0 atom stereocenters. The van der Waals surface area contributed by atoms with Gasteiger partial charge in [-0.2, -0.15) is 22.0 Å². The van der Waals surface area contributed by atoms with Gasteiger partial charge in [0.25, 0.3) is 0 Å². The number of nitrogens with zero attached hydrogens (tertiary/aromatic N) is 1. The second-order valence-corrected chi connectivity index (χ2v) is 5.13. The van der Waals surface area contributed by atoms with Crippen molar-refractivity contribution in [2.75, 3.05) is 26.3 Å². The number of alkyl halides is 5. The Morgan fingerprint density at radius 1 is 1.19 bits per heavy atom. The average Bonchev–Trinajstić information content (AvgIpc) is 2.55. The molecule has 0 radical (unpaired) electrons. The van der Waals surface area contributed by atoms with E-state index in [0.717, 1.165) is 0 Å². The summed E-state index contributed by atoms with van der Waals surface area (Å²) in [6, 6.07) is 6.31. The molecule has 1 rings (SSSR count). The number of para-hydroxylation sites is 1. The SMILES string of the molecule is CCNC(=NCc1ccccc1OC(F)F)NCCCOCC(F)(F)F. The smallest absolute Gasteiger partial charge is 0.411 e. The predicted octanol–water partition coefficient (Wildman–Crippen LogP) is 3.31. The van der Waals surface area contributed by atoms with Crippen molar-refractivity contribution in [3.63, 3.8) is 0 Å². The molecule has 0 saturated carbocycles. The van der Waals surface area contributed by atoms with Crippen LogP contribution in [0.15, 0.2) is 29.3 Å². The molecular formula is C16H22F5N3O2. The zero-order valence-corrected chi connectivity index (χ0v) is 14.3. The molecule has 0 saturated heterocycles. The number of benzene rings is 1. The first-order valence-electron chi connectivity index (χ1n) is 8.01. The topological polar surface area (TPSA) is 54.9 Å². The van der Waals surface area contributed by atoms with Crippen LogP contribution in [-0.2, 0) is 11.3 Å². The molecular weight excluding hydrogens is 361 g/mol. The fraction of sp³-hybridized carbons (Fsp3) is 0.562. The fourth-order valence-corrected chi connectivity index (χ4v) is 1.92. The van der Waals surface area contributed by atoms with Crippen molar-refractivity contribution in [2.24, 2.45) is 4.99 Å². The van der Waals surface area contributed by atoms with Gasteiger partial charge in [0.05, 0.1) is 6.54 Å². The summed E-state index contributed by atoms with van der Waals surface area (Å²) >= 11 is 0. The third-order valence-electron chi connectivity index (χ3n) is 2.96. The Morgan fingerprint density at radius 2 is 1.92 bits per heavy atom. The largest absolute Gasteiger partial charge is 0.434 e. The van der Waals surface area contributed by atoms with Crippen molar-refractivity contribution in [1.82, 2.24) is 10.6 Å². The molecule has 0 bridgehead atoms. The normalized spacial score (nSPS) is 12.3. The quantitative estimate of drug-likeness (QED) is 0.282. The summed E-state index contributed by atoms with van der Waals surface area (Å²) in [4.78, 5) is 4.26. The van der Waals surface area contributed by atoms with Gasteiger partial charge in [0.2, 0.25) is 0 Å². The first-order chi connectivity index (χ1) is 12.3. The van der Waals surface area contributed by atoms with E-state index in [9.17, 15) is 22.0 Å². The molecule has 2 N–H and O–H groups in total. The lowest BCUT2D eigenvalue weighted by atomic mass is 10.2. The minimum atomic E-state index is -4.34. The van der Waals surface area contributed by atoms with Gasteiger partial charge in [-0.25, -0.2) is 4.99 Å². The van der Waals surface area contributed by atoms with Crippen LogP contribution in [-0.4, -0.2) is 45.1 Å². The molecule has 0 amide bonds. The maximum Gasteiger partial charge on any atom is 0.411 e. The van der Waals surface area contributed by atoms with Crippen LogP contribution in [0.4, 0.5) is 22.0 Å². The maximum absolute atomic E-state index is 12.4. The van der Waals surface area contributed by atoms with Gasteiger partial charge in [-0.3, -0.25) is 0 Å². The molecule has 0 aliphatic carbocycles. The number of hydrogen-bond donors (Lipinski definition) is 2.